The van der Waals surface area contributed by atoms with E-state index in [2.05, 4.69) is 24.1 Å². The van der Waals surface area contributed by atoms with Crippen LogP contribution in [-0.4, -0.2) is 36.1 Å². The van der Waals surface area contributed by atoms with Crippen LogP contribution in [0.1, 0.15) is 78.1 Å². The fourth-order valence-corrected chi connectivity index (χ4v) is 5.23. The van der Waals surface area contributed by atoms with Crippen LogP contribution in [0, 0.1) is 11.8 Å². The van der Waals surface area contributed by atoms with E-state index >= 15 is 0 Å². The number of hydrogen-bond acceptors (Lipinski definition) is 2. The molecule has 0 bridgehead atoms. The van der Waals surface area contributed by atoms with Gasteiger partial charge in [0.1, 0.15) is 0 Å². The zero-order valence-corrected chi connectivity index (χ0v) is 14.3. The maximum atomic E-state index is 3.93. The first kappa shape index (κ1) is 15.8. The summed E-state index contributed by atoms with van der Waals surface area (Å²) < 4.78 is 0. The van der Waals surface area contributed by atoms with Crippen molar-refractivity contribution in [2.75, 3.05) is 13.1 Å². The van der Waals surface area contributed by atoms with Gasteiger partial charge in [0.15, 0.2) is 0 Å². The highest BCUT2D eigenvalue weighted by atomic mass is 15.3. The summed E-state index contributed by atoms with van der Waals surface area (Å²) in [4.78, 5) is 2.94. The highest BCUT2D eigenvalue weighted by Gasteiger charge is 2.36. The van der Waals surface area contributed by atoms with E-state index in [-0.39, 0.29) is 0 Å². The van der Waals surface area contributed by atoms with Crippen molar-refractivity contribution in [1.82, 2.24) is 10.2 Å². The van der Waals surface area contributed by atoms with Crippen LogP contribution in [0.2, 0.25) is 0 Å². The van der Waals surface area contributed by atoms with E-state index in [1.165, 1.54) is 77.3 Å². The molecule has 2 nitrogen and oxygen atoms in total. The fourth-order valence-electron chi connectivity index (χ4n) is 5.23. The summed E-state index contributed by atoms with van der Waals surface area (Å²) >= 11 is 0. The number of nitrogens with zero attached hydrogens (tertiary/aromatic N) is 1. The first-order valence-corrected chi connectivity index (χ1v) is 9.77. The van der Waals surface area contributed by atoms with Crippen molar-refractivity contribution < 1.29 is 0 Å². The average Bonchev–Trinajstić information content (AvgIpc) is 2.55. The largest absolute Gasteiger partial charge is 0.311 e. The summed E-state index contributed by atoms with van der Waals surface area (Å²) in [5, 5.41) is 3.93. The molecule has 122 valence electrons. The van der Waals surface area contributed by atoms with Gasteiger partial charge >= 0.3 is 0 Å². The van der Waals surface area contributed by atoms with Crippen LogP contribution in [0.15, 0.2) is 0 Å². The van der Waals surface area contributed by atoms with Gasteiger partial charge < -0.3 is 5.32 Å². The molecule has 4 atom stereocenters. The molecule has 0 amide bonds. The molecule has 1 saturated heterocycles. The van der Waals surface area contributed by atoms with Crippen LogP contribution >= 0.6 is 0 Å². The van der Waals surface area contributed by atoms with Gasteiger partial charge in [-0.25, -0.2) is 0 Å². The number of hydrogen-bond donors (Lipinski definition) is 1. The molecule has 0 radical (unpaired) electrons. The summed E-state index contributed by atoms with van der Waals surface area (Å²) in [5.74, 6) is 1.91. The van der Waals surface area contributed by atoms with Gasteiger partial charge in [-0.2, -0.15) is 0 Å². The second kappa shape index (κ2) is 7.46. The van der Waals surface area contributed by atoms with Gasteiger partial charge in [-0.15, -0.1) is 0 Å². The number of piperazine rings is 1. The molecule has 0 spiro atoms. The van der Waals surface area contributed by atoms with Gasteiger partial charge in [0, 0.05) is 31.2 Å². The lowest BCUT2D eigenvalue weighted by molar-refractivity contribution is 0.0324. The van der Waals surface area contributed by atoms with E-state index in [0.717, 1.165) is 30.0 Å². The molecule has 3 rings (SSSR count). The monoisotopic (exact) mass is 292 g/mol. The lowest BCUT2D eigenvalue weighted by atomic mass is 9.80. The van der Waals surface area contributed by atoms with E-state index in [9.17, 15) is 0 Å². The molecule has 0 aromatic carbocycles. The topological polar surface area (TPSA) is 15.3 Å². The summed E-state index contributed by atoms with van der Waals surface area (Å²) in [5.41, 5.74) is 0. The summed E-state index contributed by atoms with van der Waals surface area (Å²) in [6, 6.07) is 2.46. The molecule has 3 aliphatic rings. The number of rotatable bonds is 3. The van der Waals surface area contributed by atoms with Gasteiger partial charge in [0.25, 0.3) is 0 Å². The first-order valence-electron chi connectivity index (χ1n) is 9.77. The molecule has 1 heterocycles. The van der Waals surface area contributed by atoms with Crippen molar-refractivity contribution in [3.05, 3.63) is 0 Å². The Balaban J connectivity index is 1.63. The molecular weight excluding hydrogens is 256 g/mol. The minimum Gasteiger partial charge on any atom is -0.311 e. The van der Waals surface area contributed by atoms with Gasteiger partial charge in [-0.05, 0) is 43.9 Å². The van der Waals surface area contributed by atoms with Crippen LogP contribution in [0.5, 0.6) is 0 Å². The minimum absolute atomic E-state index is 0.783. The van der Waals surface area contributed by atoms with Gasteiger partial charge in [0.2, 0.25) is 0 Å². The Bertz CT molecular complexity index is 311. The highest BCUT2D eigenvalue weighted by molar-refractivity contribution is 4.94. The average molecular weight is 293 g/mol. The molecule has 2 aliphatic carbocycles. The van der Waals surface area contributed by atoms with E-state index in [0.29, 0.717) is 0 Å². The summed E-state index contributed by atoms with van der Waals surface area (Å²) in [7, 11) is 0. The van der Waals surface area contributed by atoms with Crippen LogP contribution in [0.25, 0.3) is 0 Å². The van der Waals surface area contributed by atoms with Crippen molar-refractivity contribution in [3.8, 4) is 0 Å². The van der Waals surface area contributed by atoms with Crippen LogP contribution in [0.3, 0.4) is 0 Å². The van der Waals surface area contributed by atoms with Crippen LogP contribution in [0.4, 0.5) is 0 Å². The van der Waals surface area contributed by atoms with Crippen molar-refractivity contribution >= 4 is 0 Å². The second-order valence-corrected chi connectivity index (χ2v) is 8.10. The van der Waals surface area contributed by atoms with Gasteiger partial charge in [-0.1, -0.05) is 46.0 Å². The van der Waals surface area contributed by atoms with E-state index < -0.39 is 0 Å². The van der Waals surface area contributed by atoms with Crippen molar-refractivity contribution in [2.45, 2.75) is 96.2 Å². The summed E-state index contributed by atoms with van der Waals surface area (Å²) in [6.07, 6.45) is 14.5. The lowest BCUT2D eigenvalue weighted by Gasteiger charge is -2.48. The Hall–Kier alpha value is -0.0800. The Morgan fingerprint density at radius 1 is 1.00 bits per heavy atom. The molecule has 0 aromatic rings. The van der Waals surface area contributed by atoms with Crippen LogP contribution in [-0.2, 0) is 0 Å². The molecule has 1 N–H and O–H groups in total. The second-order valence-electron chi connectivity index (χ2n) is 8.10. The minimum atomic E-state index is 0.783. The maximum absolute atomic E-state index is 3.93. The van der Waals surface area contributed by atoms with Crippen molar-refractivity contribution in [3.63, 3.8) is 0 Å². The molecular formula is C19H36N2. The third kappa shape index (κ3) is 3.82. The SMILES string of the molecule is CCC1CNC(C2CCCCC2)CN1C1CCCC(C)C1. The smallest absolute Gasteiger partial charge is 0.0224 e. The van der Waals surface area contributed by atoms with Crippen molar-refractivity contribution in [1.29, 1.82) is 0 Å². The zero-order valence-electron chi connectivity index (χ0n) is 14.3. The van der Waals surface area contributed by atoms with E-state index in [1.54, 1.807) is 0 Å². The quantitative estimate of drug-likeness (QED) is 0.839. The molecule has 1 aliphatic heterocycles. The van der Waals surface area contributed by atoms with Crippen molar-refractivity contribution in [2.24, 2.45) is 11.8 Å². The highest BCUT2D eigenvalue weighted by Crippen LogP contribution is 2.33. The van der Waals surface area contributed by atoms with Gasteiger partial charge in [-0.3, -0.25) is 4.90 Å². The standard InChI is InChI=1S/C19H36N2/c1-3-17-13-20-19(16-9-5-4-6-10-16)14-21(17)18-11-7-8-15(2)12-18/h15-20H,3-14H2,1-2H3. The number of nitrogens with one attached hydrogen (secondary N) is 1. The predicted molar refractivity (Wildman–Crippen MR) is 90.6 cm³/mol. The third-order valence-electron chi connectivity index (χ3n) is 6.56. The third-order valence-corrected chi connectivity index (χ3v) is 6.56. The Labute approximate surface area is 132 Å². The fraction of sp³-hybridized carbons (Fsp3) is 1.00. The van der Waals surface area contributed by atoms with E-state index in [4.69, 9.17) is 0 Å². The molecule has 3 fully saturated rings. The van der Waals surface area contributed by atoms with E-state index in [1.807, 2.05) is 0 Å². The zero-order chi connectivity index (χ0) is 14.7. The summed E-state index contributed by atoms with van der Waals surface area (Å²) in [6.45, 7) is 7.42. The lowest BCUT2D eigenvalue weighted by Crippen LogP contribution is -2.61. The Kier molecular flexibility index (Phi) is 5.61. The molecule has 0 aromatic heterocycles. The predicted octanol–water partition coefficient (Wildman–Crippen LogP) is 4.20. The van der Waals surface area contributed by atoms with Gasteiger partial charge in [0.05, 0.1) is 0 Å². The maximum Gasteiger partial charge on any atom is 0.0224 e. The first-order chi connectivity index (χ1) is 10.3. The molecule has 21 heavy (non-hydrogen) atoms. The van der Waals surface area contributed by atoms with Crippen LogP contribution < -0.4 is 5.32 Å². The molecule has 2 heteroatoms. The normalized spacial score (nSPS) is 40.3. The molecule has 4 unspecified atom stereocenters. The Morgan fingerprint density at radius 3 is 2.52 bits per heavy atom. The Morgan fingerprint density at radius 2 is 1.81 bits per heavy atom. The molecule has 2 saturated carbocycles.